The summed E-state index contributed by atoms with van der Waals surface area (Å²) in [5, 5.41) is 0. The Balaban J connectivity index is 2.85. The fraction of sp³-hybridized carbons (Fsp3) is 0.500. The van der Waals surface area contributed by atoms with E-state index in [1.807, 2.05) is 0 Å². The van der Waals surface area contributed by atoms with Gasteiger partial charge in [0.2, 0.25) is 0 Å². The lowest BCUT2D eigenvalue weighted by molar-refractivity contribution is 0.646. The van der Waals surface area contributed by atoms with Crippen molar-refractivity contribution >= 4 is 0 Å². The third-order valence-electron chi connectivity index (χ3n) is 1.93. The summed E-state index contributed by atoms with van der Waals surface area (Å²) in [5.74, 6) is 0.756. The number of aryl methyl sites for hydroxylation is 2. The van der Waals surface area contributed by atoms with Crippen LogP contribution in [-0.2, 0) is 6.42 Å². The van der Waals surface area contributed by atoms with Crippen LogP contribution in [0.5, 0.6) is 0 Å². The topological polar surface area (TPSA) is 0 Å². The molecule has 0 radical (unpaired) electrons. The number of rotatable bonds is 2. The van der Waals surface area contributed by atoms with Gasteiger partial charge in [0.05, 0.1) is 0 Å². The van der Waals surface area contributed by atoms with Crippen molar-refractivity contribution in [2.45, 2.75) is 34.1 Å². The molecule has 1 aromatic rings. The smallest absolute Gasteiger partial charge is 0.0255 e. The molecule has 0 aliphatic rings. The van der Waals surface area contributed by atoms with Gasteiger partial charge in [-0.3, -0.25) is 0 Å². The first kappa shape index (κ1) is 9.31. The molecule has 0 bridgehead atoms. The molecule has 0 saturated carbocycles. The molecule has 0 atom stereocenters. The van der Waals surface area contributed by atoms with Crippen LogP contribution in [0.15, 0.2) is 18.2 Å². The van der Waals surface area contributed by atoms with E-state index in [-0.39, 0.29) is 0 Å². The molecule has 1 aromatic carbocycles. The van der Waals surface area contributed by atoms with E-state index in [1.165, 1.54) is 23.1 Å². The summed E-state index contributed by atoms with van der Waals surface area (Å²) in [6, 6.07) is 6.80. The second-order valence-electron chi connectivity index (χ2n) is 4.09. The second-order valence-corrected chi connectivity index (χ2v) is 4.09. The van der Waals surface area contributed by atoms with Crippen LogP contribution in [0.4, 0.5) is 0 Å². The van der Waals surface area contributed by atoms with Crippen molar-refractivity contribution in [1.82, 2.24) is 0 Å². The first-order valence-electron chi connectivity index (χ1n) is 4.65. The molecule has 0 unspecified atom stereocenters. The molecular formula is C12H18. The van der Waals surface area contributed by atoms with Gasteiger partial charge in [0.1, 0.15) is 0 Å². The maximum absolute atomic E-state index is 2.28. The van der Waals surface area contributed by atoms with Crippen LogP contribution in [0.25, 0.3) is 0 Å². The van der Waals surface area contributed by atoms with E-state index in [0.717, 1.165) is 5.92 Å². The van der Waals surface area contributed by atoms with Crippen LogP contribution in [0.2, 0.25) is 0 Å². The van der Waals surface area contributed by atoms with Gasteiger partial charge in [0.15, 0.2) is 0 Å². The van der Waals surface area contributed by atoms with E-state index >= 15 is 0 Å². The highest BCUT2D eigenvalue weighted by Crippen LogP contribution is 2.12. The summed E-state index contributed by atoms with van der Waals surface area (Å²) in [5.41, 5.74) is 4.24. The number of hydrogen-bond acceptors (Lipinski definition) is 0. The fourth-order valence-corrected chi connectivity index (χ4v) is 1.66. The van der Waals surface area contributed by atoms with Crippen molar-refractivity contribution < 1.29 is 0 Å². The SMILES string of the molecule is Cc1cc(C)cc(CC(C)C)c1. The molecular weight excluding hydrogens is 144 g/mol. The van der Waals surface area contributed by atoms with Gasteiger partial charge in [-0.2, -0.15) is 0 Å². The first-order chi connectivity index (χ1) is 5.58. The Labute approximate surface area is 75.6 Å². The molecule has 12 heavy (non-hydrogen) atoms. The highest BCUT2D eigenvalue weighted by atomic mass is 14.0. The molecule has 0 aromatic heterocycles. The average Bonchev–Trinajstić information content (AvgIpc) is 1.81. The van der Waals surface area contributed by atoms with E-state index in [2.05, 4.69) is 45.9 Å². The van der Waals surface area contributed by atoms with Gasteiger partial charge < -0.3 is 0 Å². The highest BCUT2D eigenvalue weighted by molar-refractivity contribution is 5.28. The summed E-state index contributed by atoms with van der Waals surface area (Å²) in [7, 11) is 0. The zero-order valence-electron chi connectivity index (χ0n) is 8.52. The van der Waals surface area contributed by atoms with Gasteiger partial charge in [-0.15, -0.1) is 0 Å². The number of benzene rings is 1. The van der Waals surface area contributed by atoms with Crippen LogP contribution in [0, 0.1) is 19.8 Å². The number of hydrogen-bond donors (Lipinski definition) is 0. The van der Waals surface area contributed by atoms with Crippen molar-refractivity contribution in [3.8, 4) is 0 Å². The van der Waals surface area contributed by atoms with Crippen molar-refractivity contribution in [3.05, 3.63) is 34.9 Å². The lowest BCUT2D eigenvalue weighted by atomic mass is 9.99. The van der Waals surface area contributed by atoms with Gasteiger partial charge in [0, 0.05) is 0 Å². The van der Waals surface area contributed by atoms with Gasteiger partial charge in [0.25, 0.3) is 0 Å². The van der Waals surface area contributed by atoms with Crippen molar-refractivity contribution in [1.29, 1.82) is 0 Å². The summed E-state index contributed by atoms with van der Waals surface area (Å²) in [4.78, 5) is 0. The Kier molecular flexibility index (Phi) is 2.91. The van der Waals surface area contributed by atoms with E-state index in [4.69, 9.17) is 0 Å². The van der Waals surface area contributed by atoms with E-state index in [1.54, 1.807) is 0 Å². The Bertz CT molecular complexity index is 238. The molecule has 0 fully saturated rings. The Morgan fingerprint density at radius 1 is 1.00 bits per heavy atom. The second kappa shape index (κ2) is 3.75. The van der Waals surface area contributed by atoms with Gasteiger partial charge >= 0.3 is 0 Å². The Morgan fingerprint density at radius 3 is 1.92 bits per heavy atom. The summed E-state index contributed by atoms with van der Waals surface area (Å²) >= 11 is 0. The Hall–Kier alpha value is -0.780. The quantitative estimate of drug-likeness (QED) is 0.624. The summed E-state index contributed by atoms with van der Waals surface area (Å²) in [6.45, 7) is 8.85. The monoisotopic (exact) mass is 162 g/mol. The third kappa shape index (κ3) is 2.69. The minimum atomic E-state index is 0.756. The maximum atomic E-state index is 2.28. The molecule has 0 heteroatoms. The van der Waals surface area contributed by atoms with Gasteiger partial charge in [-0.1, -0.05) is 43.2 Å². The van der Waals surface area contributed by atoms with Crippen molar-refractivity contribution in [2.75, 3.05) is 0 Å². The lowest BCUT2D eigenvalue weighted by Gasteiger charge is -2.06. The zero-order chi connectivity index (χ0) is 9.14. The maximum Gasteiger partial charge on any atom is -0.0255 e. The highest BCUT2D eigenvalue weighted by Gasteiger charge is 1.98. The van der Waals surface area contributed by atoms with Gasteiger partial charge in [-0.25, -0.2) is 0 Å². The third-order valence-corrected chi connectivity index (χ3v) is 1.93. The molecule has 0 spiro atoms. The van der Waals surface area contributed by atoms with Crippen LogP contribution in [0.1, 0.15) is 30.5 Å². The summed E-state index contributed by atoms with van der Waals surface area (Å²) < 4.78 is 0. The van der Waals surface area contributed by atoms with Crippen molar-refractivity contribution in [3.63, 3.8) is 0 Å². The predicted octanol–water partition coefficient (Wildman–Crippen LogP) is 3.50. The standard InChI is InChI=1S/C12H18/c1-9(2)5-12-7-10(3)6-11(4)8-12/h6-9H,5H2,1-4H3. The predicted molar refractivity (Wildman–Crippen MR) is 54.5 cm³/mol. The average molecular weight is 162 g/mol. The van der Waals surface area contributed by atoms with Crippen molar-refractivity contribution in [2.24, 2.45) is 5.92 Å². The molecule has 0 saturated heterocycles. The molecule has 66 valence electrons. The molecule has 0 aliphatic carbocycles. The van der Waals surface area contributed by atoms with Crippen LogP contribution >= 0.6 is 0 Å². The zero-order valence-corrected chi connectivity index (χ0v) is 8.52. The molecule has 0 aliphatic heterocycles. The Morgan fingerprint density at radius 2 is 1.50 bits per heavy atom. The molecule has 0 N–H and O–H groups in total. The summed E-state index contributed by atoms with van der Waals surface area (Å²) in [6.07, 6.45) is 1.20. The van der Waals surface area contributed by atoms with Crippen LogP contribution in [-0.4, -0.2) is 0 Å². The molecule has 0 heterocycles. The minimum Gasteiger partial charge on any atom is -0.0625 e. The fourth-order valence-electron chi connectivity index (χ4n) is 1.66. The molecule has 1 rings (SSSR count). The molecule has 0 nitrogen and oxygen atoms in total. The molecule has 0 amide bonds. The van der Waals surface area contributed by atoms with Gasteiger partial charge in [-0.05, 0) is 31.7 Å². The minimum absolute atomic E-state index is 0.756. The van der Waals surface area contributed by atoms with E-state index in [0.29, 0.717) is 0 Å². The van der Waals surface area contributed by atoms with E-state index in [9.17, 15) is 0 Å². The normalized spacial score (nSPS) is 10.8. The lowest BCUT2D eigenvalue weighted by Crippen LogP contribution is -1.94. The first-order valence-corrected chi connectivity index (χ1v) is 4.65. The van der Waals surface area contributed by atoms with Crippen LogP contribution < -0.4 is 0 Å². The van der Waals surface area contributed by atoms with Crippen LogP contribution in [0.3, 0.4) is 0 Å². The van der Waals surface area contributed by atoms with E-state index < -0.39 is 0 Å². The largest absolute Gasteiger partial charge is 0.0625 e.